The summed E-state index contributed by atoms with van der Waals surface area (Å²) in [6, 6.07) is 12.1. The monoisotopic (exact) mass is 540 g/mol. The van der Waals surface area contributed by atoms with Gasteiger partial charge in [-0.25, -0.2) is 22.9 Å². The number of carbonyl (C=O) groups is 1. The summed E-state index contributed by atoms with van der Waals surface area (Å²) >= 11 is 0. The Morgan fingerprint density at radius 3 is 2.45 bits per heavy atom. The van der Waals surface area contributed by atoms with Crippen LogP contribution < -0.4 is 15.2 Å². The van der Waals surface area contributed by atoms with Gasteiger partial charge in [-0.05, 0) is 56.0 Å². The third-order valence-electron chi connectivity index (χ3n) is 6.35. The molecule has 1 saturated carbocycles. The van der Waals surface area contributed by atoms with Gasteiger partial charge in [0.05, 0.1) is 34.9 Å². The second-order valence-electron chi connectivity index (χ2n) is 9.43. The number of anilines is 1. The molecule has 0 aliphatic heterocycles. The molecule has 1 fully saturated rings. The summed E-state index contributed by atoms with van der Waals surface area (Å²) in [7, 11) is -4.19. The molecular formula is C27H32N4O6S. The van der Waals surface area contributed by atoms with Crippen LogP contribution in [0.25, 0.3) is 11.3 Å². The fourth-order valence-electron chi connectivity index (χ4n) is 4.42. The van der Waals surface area contributed by atoms with Crippen LogP contribution in [0, 0.1) is 13.8 Å². The van der Waals surface area contributed by atoms with E-state index in [0.29, 0.717) is 12.3 Å². The number of hydrogen-bond donors (Lipinski definition) is 3. The van der Waals surface area contributed by atoms with E-state index in [4.69, 9.17) is 15.2 Å². The molecular weight excluding hydrogens is 508 g/mol. The maximum atomic E-state index is 13.1. The molecule has 4 rings (SSSR count). The topological polar surface area (TPSA) is 154 Å². The molecule has 1 aliphatic carbocycles. The molecule has 0 saturated heterocycles. The smallest absolute Gasteiger partial charge is 0.335 e. The number of hydrogen-bond acceptors (Lipinski definition) is 8. The summed E-state index contributed by atoms with van der Waals surface area (Å²) < 4.78 is 40.3. The van der Waals surface area contributed by atoms with Crippen molar-refractivity contribution in [2.45, 2.75) is 56.6 Å². The lowest BCUT2D eigenvalue weighted by Gasteiger charge is -2.17. The van der Waals surface area contributed by atoms with Crippen LogP contribution in [0.15, 0.2) is 53.4 Å². The van der Waals surface area contributed by atoms with Crippen molar-refractivity contribution in [3.63, 3.8) is 0 Å². The Morgan fingerprint density at radius 2 is 1.76 bits per heavy atom. The number of carboxylic acids is 1. The molecule has 202 valence electrons. The summed E-state index contributed by atoms with van der Waals surface area (Å²) in [5, 5.41) is 9.24. The Labute approximate surface area is 222 Å². The number of nitrogens with one attached hydrogen (secondary N) is 1. The first-order valence-electron chi connectivity index (χ1n) is 12.4. The zero-order valence-corrected chi connectivity index (χ0v) is 22.2. The zero-order chi connectivity index (χ0) is 27.3. The highest BCUT2D eigenvalue weighted by molar-refractivity contribution is 7.92. The summed E-state index contributed by atoms with van der Waals surface area (Å²) in [6.45, 7) is 4.33. The maximum Gasteiger partial charge on any atom is 0.335 e. The number of aromatic nitrogens is 2. The van der Waals surface area contributed by atoms with E-state index in [2.05, 4.69) is 14.7 Å². The molecule has 1 aliphatic rings. The quantitative estimate of drug-likeness (QED) is 0.328. The molecule has 10 nitrogen and oxygen atoms in total. The zero-order valence-electron chi connectivity index (χ0n) is 21.4. The SMILES string of the molecule is Cc1cccc(C)c1-c1cc(OC[C@H](N)COC2CCCC2)nc(NS(=O)(=O)c2cccc(C(=O)O)c2)n1. The molecule has 3 aromatic rings. The highest BCUT2D eigenvalue weighted by Crippen LogP contribution is 2.29. The van der Waals surface area contributed by atoms with Crippen molar-refractivity contribution in [1.29, 1.82) is 0 Å². The Bertz CT molecular complexity index is 1390. The van der Waals surface area contributed by atoms with E-state index in [0.717, 1.165) is 48.4 Å². The lowest BCUT2D eigenvalue weighted by atomic mass is 10.00. The van der Waals surface area contributed by atoms with E-state index in [1.54, 1.807) is 6.07 Å². The number of nitrogens with zero attached hydrogens (tertiary/aromatic N) is 2. The number of nitrogens with two attached hydrogens (primary N) is 1. The van der Waals surface area contributed by atoms with Crippen LogP contribution in [0.1, 0.15) is 47.2 Å². The van der Waals surface area contributed by atoms with Crippen molar-refractivity contribution in [2.24, 2.45) is 5.73 Å². The number of aromatic carboxylic acids is 1. The Balaban J connectivity index is 1.60. The lowest BCUT2D eigenvalue weighted by Crippen LogP contribution is -2.34. The van der Waals surface area contributed by atoms with Crippen LogP contribution in [0.5, 0.6) is 5.88 Å². The van der Waals surface area contributed by atoms with Crippen LogP contribution in [0.2, 0.25) is 0 Å². The predicted octanol–water partition coefficient (Wildman–Crippen LogP) is 3.92. The molecule has 0 radical (unpaired) electrons. The van der Waals surface area contributed by atoms with Gasteiger partial charge >= 0.3 is 5.97 Å². The third-order valence-corrected chi connectivity index (χ3v) is 7.68. The van der Waals surface area contributed by atoms with Crippen molar-refractivity contribution < 1.29 is 27.8 Å². The summed E-state index contributed by atoms with van der Waals surface area (Å²) in [5.74, 6) is -1.30. The predicted molar refractivity (Wildman–Crippen MR) is 143 cm³/mol. The largest absolute Gasteiger partial charge is 0.478 e. The van der Waals surface area contributed by atoms with E-state index >= 15 is 0 Å². The van der Waals surface area contributed by atoms with Gasteiger partial charge in [0.2, 0.25) is 11.8 Å². The molecule has 0 unspecified atom stereocenters. The first-order chi connectivity index (χ1) is 18.1. The number of aryl methyl sites for hydroxylation is 2. The number of rotatable bonds is 11. The highest BCUT2D eigenvalue weighted by Gasteiger charge is 2.21. The lowest BCUT2D eigenvalue weighted by molar-refractivity contribution is 0.0407. The summed E-state index contributed by atoms with van der Waals surface area (Å²) in [4.78, 5) is 19.8. The Kier molecular flexibility index (Phi) is 8.60. The van der Waals surface area contributed by atoms with Crippen molar-refractivity contribution in [3.8, 4) is 17.1 Å². The van der Waals surface area contributed by atoms with E-state index in [1.165, 1.54) is 18.2 Å². The first-order valence-corrected chi connectivity index (χ1v) is 13.9. The van der Waals surface area contributed by atoms with Gasteiger partial charge in [0.25, 0.3) is 10.0 Å². The summed E-state index contributed by atoms with van der Waals surface area (Å²) in [5.41, 5.74) is 9.22. The first kappa shape index (κ1) is 27.5. The van der Waals surface area contributed by atoms with Crippen molar-refractivity contribution >= 4 is 21.9 Å². The minimum Gasteiger partial charge on any atom is -0.478 e. The molecule has 1 heterocycles. The van der Waals surface area contributed by atoms with Gasteiger partial charge in [-0.3, -0.25) is 0 Å². The normalized spacial score (nSPS) is 14.8. The van der Waals surface area contributed by atoms with Crippen LogP contribution in [-0.4, -0.2) is 54.8 Å². The molecule has 0 bridgehead atoms. The van der Waals surface area contributed by atoms with E-state index in [1.807, 2.05) is 32.0 Å². The van der Waals surface area contributed by atoms with Crippen LogP contribution in [0.4, 0.5) is 5.95 Å². The fourth-order valence-corrected chi connectivity index (χ4v) is 5.41. The molecule has 0 amide bonds. The molecule has 2 aromatic carbocycles. The molecule has 0 spiro atoms. The number of benzene rings is 2. The van der Waals surface area contributed by atoms with E-state index in [9.17, 15) is 18.3 Å². The minimum absolute atomic E-state index is 0.114. The molecule has 4 N–H and O–H groups in total. The second kappa shape index (κ2) is 11.9. The highest BCUT2D eigenvalue weighted by atomic mass is 32.2. The van der Waals surface area contributed by atoms with Gasteiger partial charge in [-0.15, -0.1) is 0 Å². The third kappa shape index (κ3) is 6.85. The van der Waals surface area contributed by atoms with Gasteiger partial charge in [-0.1, -0.05) is 37.1 Å². The molecule has 1 atom stereocenters. The van der Waals surface area contributed by atoms with Gasteiger partial charge < -0.3 is 20.3 Å². The number of ether oxygens (including phenoxy) is 2. The van der Waals surface area contributed by atoms with Crippen LogP contribution >= 0.6 is 0 Å². The standard InChI is InChI=1S/C27H32N4O6S/c1-17-7-5-8-18(2)25(17)23-14-24(37-16-20(28)15-36-21-10-3-4-11-21)30-27(29-23)31-38(34,35)22-12-6-9-19(13-22)26(32)33/h5-9,12-14,20-21H,3-4,10-11,15-16,28H2,1-2H3,(H,32,33)(H,29,30,31)/t20-/m1/s1. The Morgan fingerprint density at radius 1 is 1.08 bits per heavy atom. The average molecular weight is 541 g/mol. The van der Waals surface area contributed by atoms with Crippen molar-refractivity contribution in [3.05, 3.63) is 65.2 Å². The van der Waals surface area contributed by atoms with Crippen LogP contribution in [0.3, 0.4) is 0 Å². The fraction of sp³-hybridized carbons (Fsp3) is 0.370. The Hall–Kier alpha value is -3.54. The molecule has 38 heavy (non-hydrogen) atoms. The maximum absolute atomic E-state index is 13.1. The number of sulfonamides is 1. The van der Waals surface area contributed by atoms with Gasteiger partial charge in [0.15, 0.2) is 0 Å². The molecule has 11 heteroatoms. The van der Waals surface area contributed by atoms with Gasteiger partial charge in [0.1, 0.15) is 6.61 Å². The van der Waals surface area contributed by atoms with Gasteiger partial charge in [0, 0.05) is 11.6 Å². The molecule has 1 aromatic heterocycles. The van der Waals surface area contributed by atoms with E-state index in [-0.39, 0.29) is 35.0 Å². The summed E-state index contributed by atoms with van der Waals surface area (Å²) in [6.07, 6.45) is 4.64. The second-order valence-corrected chi connectivity index (χ2v) is 11.1. The van der Waals surface area contributed by atoms with E-state index < -0.39 is 22.0 Å². The van der Waals surface area contributed by atoms with Crippen molar-refractivity contribution in [1.82, 2.24) is 9.97 Å². The minimum atomic E-state index is -4.19. The van der Waals surface area contributed by atoms with Gasteiger partial charge in [-0.2, -0.15) is 4.98 Å². The van der Waals surface area contributed by atoms with Crippen molar-refractivity contribution in [2.75, 3.05) is 17.9 Å². The average Bonchev–Trinajstić information content (AvgIpc) is 3.40. The van der Waals surface area contributed by atoms with Crippen LogP contribution in [-0.2, 0) is 14.8 Å². The number of carboxylic acid groups (broad SMARTS) is 1.